The number of halogens is 1. The Morgan fingerprint density at radius 2 is 2.00 bits per heavy atom. The molecular formula is C15H13BrN2S. The van der Waals surface area contributed by atoms with E-state index in [2.05, 4.69) is 61.9 Å². The molecule has 0 radical (unpaired) electrons. The van der Waals surface area contributed by atoms with E-state index in [0.717, 1.165) is 18.6 Å². The molecule has 2 heterocycles. The van der Waals surface area contributed by atoms with Crippen LogP contribution in [-0.4, -0.2) is 4.98 Å². The highest BCUT2D eigenvalue weighted by atomic mass is 79.9. The third-order valence-corrected chi connectivity index (χ3v) is 4.93. The molecule has 0 aliphatic rings. The number of fused-ring (bicyclic) bond motifs is 1. The molecule has 3 rings (SSSR count). The summed E-state index contributed by atoms with van der Waals surface area (Å²) in [5, 5.41) is 6.77. The van der Waals surface area contributed by atoms with Crippen molar-refractivity contribution in [1.29, 1.82) is 0 Å². The van der Waals surface area contributed by atoms with Crippen LogP contribution < -0.4 is 5.32 Å². The predicted octanol–water partition coefficient (Wildman–Crippen LogP) is 4.35. The van der Waals surface area contributed by atoms with Gasteiger partial charge in [-0.3, -0.25) is 4.98 Å². The van der Waals surface area contributed by atoms with Gasteiger partial charge in [-0.15, -0.1) is 11.3 Å². The van der Waals surface area contributed by atoms with Gasteiger partial charge in [-0.05, 0) is 39.0 Å². The van der Waals surface area contributed by atoms with Crippen LogP contribution in [0.15, 0.2) is 52.4 Å². The van der Waals surface area contributed by atoms with Crippen LogP contribution >= 0.6 is 27.3 Å². The molecule has 2 aromatic heterocycles. The van der Waals surface area contributed by atoms with Crippen molar-refractivity contribution in [3.05, 3.63) is 62.9 Å². The van der Waals surface area contributed by atoms with E-state index in [0.29, 0.717) is 0 Å². The molecule has 4 heteroatoms. The molecule has 0 aliphatic carbocycles. The summed E-state index contributed by atoms with van der Waals surface area (Å²) in [6.45, 7) is 1.71. The Morgan fingerprint density at radius 1 is 1.11 bits per heavy atom. The van der Waals surface area contributed by atoms with Gasteiger partial charge in [0.15, 0.2) is 0 Å². The van der Waals surface area contributed by atoms with Crippen LogP contribution in [0, 0.1) is 0 Å². The lowest BCUT2D eigenvalue weighted by Crippen LogP contribution is -2.12. The van der Waals surface area contributed by atoms with Gasteiger partial charge in [-0.1, -0.05) is 24.3 Å². The molecule has 1 aromatic carbocycles. The average molecular weight is 333 g/mol. The van der Waals surface area contributed by atoms with E-state index in [-0.39, 0.29) is 0 Å². The van der Waals surface area contributed by atoms with Crippen molar-refractivity contribution in [3.63, 3.8) is 0 Å². The first-order valence-electron chi connectivity index (χ1n) is 6.10. The number of pyridine rings is 1. The van der Waals surface area contributed by atoms with E-state index in [1.54, 1.807) is 11.3 Å². The van der Waals surface area contributed by atoms with Crippen molar-refractivity contribution in [2.75, 3.05) is 0 Å². The minimum atomic E-state index is 0.832. The maximum Gasteiger partial charge on any atom is 0.0746 e. The summed E-state index contributed by atoms with van der Waals surface area (Å²) >= 11 is 5.31. The van der Waals surface area contributed by atoms with Gasteiger partial charge < -0.3 is 5.32 Å². The number of aromatic nitrogens is 1. The van der Waals surface area contributed by atoms with Crippen molar-refractivity contribution >= 4 is 38.2 Å². The van der Waals surface area contributed by atoms with Gasteiger partial charge in [0.2, 0.25) is 0 Å². The Kier molecular flexibility index (Phi) is 3.92. The Labute approximate surface area is 124 Å². The molecule has 2 nitrogen and oxygen atoms in total. The van der Waals surface area contributed by atoms with E-state index < -0.39 is 0 Å². The van der Waals surface area contributed by atoms with Gasteiger partial charge in [0.25, 0.3) is 0 Å². The van der Waals surface area contributed by atoms with Crippen LogP contribution in [0.2, 0.25) is 0 Å². The minimum Gasteiger partial charge on any atom is -0.308 e. The second kappa shape index (κ2) is 5.82. The summed E-state index contributed by atoms with van der Waals surface area (Å²) in [6.07, 6.45) is 1.85. The van der Waals surface area contributed by atoms with Crippen molar-refractivity contribution in [2.45, 2.75) is 13.1 Å². The number of benzene rings is 1. The first-order valence-corrected chi connectivity index (χ1v) is 7.77. The summed E-state index contributed by atoms with van der Waals surface area (Å²) in [7, 11) is 0. The highest BCUT2D eigenvalue weighted by Crippen LogP contribution is 2.22. The van der Waals surface area contributed by atoms with Gasteiger partial charge in [0.1, 0.15) is 0 Å². The van der Waals surface area contributed by atoms with Crippen LogP contribution in [0.3, 0.4) is 0 Å². The van der Waals surface area contributed by atoms with Crippen LogP contribution in [-0.2, 0) is 13.1 Å². The Bertz CT molecular complexity index is 688. The Hall–Kier alpha value is -1.23. The fourth-order valence-corrected chi connectivity index (χ4v) is 3.53. The summed E-state index contributed by atoms with van der Waals surface area (Å²) in [5.41, 5.74) is 2.33. The Balaban J connectivity index is 1.74. The lowest BCUT2D eigenvalue weighted by molar-refractivity contribution is 0.702. The number of hydrogen-bond acceptors (Lipinski definition) is 3. The first kappa shape index (κ1) is 12.8. The average Bonchev–Trinajstić information content (AvgIpc) is 2.85. The fraction of sp³-hybridized carbons (Fsp3) is 0.133. The third-order valence-electron chi connectivity index (χ3n) is 3.01. The number of nitrogens with zero attached hydrogens (tertiary/aromatic N) is 1. The minimum absolute atomic E-state index is 0.832. The zero-order valence-electron chi connectivity index (χ0n) is 10.3. The second-order valence-electron chi connectivity index (χ2n) is 4.29. The lowest BCUT2D eigenvalue weighted by atomic mass is 10.1. The monoisotopic (exact) mass is 332 g/mol. The molecule has 0 saturated carbocycles. The molecule has 1 N–H and O–H groups in total. The quantitative estimate of drug-likeness (QED) is 0.768. The van der Waals surface area contributed by atoms with Gasteiger partial charge in [-0.2, -0.15) is 0 Å². The molecule has 19 heavy (non-hydrogen) atoms. The maximum atomic E-state index is 4.47. The SMILES string of the molecule is Brc1ccsc1CNCc1cccc2cccnc12. The smallest absolute Gasteiger partial charge is 0.0746 e. The summed E-state index contributed by atoms with van der Waals surface area (Å²) in [4.78, 5) is 5.79. The summed E-state index contributed by atoms with van der Waals surface area (Å²) < 4.78 is 1.18. The van der Waals surface area contributed by atoms with Crippen LogP contribution in [0.1, 0.15) is 10.4 Å². The molecule has 0 bridgehead atoms. The molecule has 0 spiro atoms. The fourth-order valence-electron chi connectivity index (χ4n) is 2.07. The number of nitrogens with one attached hydrogen (secondary N) is 1. The molecule has 3 aromatic rings. The van der Waals surface area contributed by atoms with E-state index in [4.69, 9.17) is 0 Å². The van der Waals surface area contributed by atoms with Crippen LogP contribution in [0.5, 0.6) is 0 Å². The molecule has 0 unspecified atom stereocenters. The first-order chi connectivity index (χ1) is 9.34. The predicted molar refractivity (Wildman–Crippen MR) is 84.3 cm³/mol. The molecule has 0 aliphatic heterocycles. The molecule has 0 saturated heterocycles. The van der Waals surface area contributed by atoms with Gasteiger partial charge in [-0.25, -0.2) is 0 Å². The van der Waals surface area contributed by atoms with Crippen molar-refractivity contribution in [3.8, 4) is 0 Å². The number of thiophene rings is 1. The standard InChI is InChI=1S/C15H13BrN2S/c16-13-6-8-19-14(13)10-17-9-12-4-1-3-11-5-2-7-18-15(11)12/h1-8,17H,9-10H2. The zero-order valence-corrected chi connectivity index (χ0v) is 12.7. The largest absolute Gasteiger partial charge is 0.308 e. The normalized spacial score (nSPS) is 11.0. The molecule has 96 valence electrons. The lowest BCUT2D eigenvalue weighted by Gasteiger charge is -2.07. The number of para-hydroxylation sites is 1. The third kappa shape index (κ3) is 2.86. The van der Waals surface area contributed by atoms with Crippen LogP contribution in [0.4, 0.5) is 0 Å². The van der Waals surface area contributed by atoms with E-state index >= 15 is 0 Å². The number of hydrogen-bond donors (Lipinski definition) is 1. The molecule has 0 fully saturated rings. The second-order valence-corrected chi connectivity index (χ2v) is 6.14. The topological polar surface area (TPSA) is 24.9 Å². The van der Waals surface area contributed by atoms with Crippen molar-refractivity contribution < 1.29 is 0 Å². The molecule has 0 amide bonds. The van der Waals surface area contributed by atoms with Crippen molar-refractivity contribution in [1.82, 2.24) is 10.3 Å². The Morgan fingerprint density at radius 3 is 2.84 bits per heavy atom. The maximum absolute atomic E-state index is 4.47. The van der Waals surface area contributed by atoms with Gasteiger partial charge in [0, 0.05) is 34.0 Å². The molecular weight excluding hydrogens is 320 g/mol. The summed E-state index contributed by atoms with van der Waals surface area (Å²) in [6, 6.07) is 12.5. The highest BCUT2D eigenvalue weighted by molar-refractivity contribution is 9.10. The molecule has 0 atom stereocenters. The van der Waals surface area contributed by atoms with Crippen LogP contribution in [0.25, 0.3) is 10.9 Å². The van der Waals surface area contributed by atoms with E-state index in [9.17, 15) is 0 Å². The van der Waals surface area contributed by atoms with Gasteiger partial charge >= 0.3 is 0 Å². The number of rotatable bonds is 4. The zero-order chi connectivity index (χ0) is 13.1. The van der Waals surface area contributed by atoms with Gasteiger partial charge in [0.05, 0.1) is 5.52 Å². The highest BCUT2D eigenvalue weighted by Gasteiger charge is 2.03. The van der Waals surface area contributed by atoms with Crippen molar-refractivity contribution in [2.24, 2.45) is 0 Å². The van der Waals surface area contributed by atoms with E-state index in [1.807, 2.05) is 12.3 Å². The van der Waals surface area contributed by atoms with E-state index in [1.165, 1.54) is 20.3 Å². The summed E-state index contributed by atoms with van der Waals surface area (Å²) in [5.74, 6) is 0.